The quantitative estimate of drug-likeness (QED) is 0.903. The number of hydrogen-bond donors (Lipinski definition) is 1. The Morgan fingerprint density at radius 3 is 2.88 bits per heavy atom. The molecule has 0 radical (unpaired) electrons. The lowest BCUT2D eigenvalue weighted by atomic mass is 10.2. The fourth-order valence-electron chi connectivity index (χ4n) is 1.90. The maximum Gasteiger partial charge on any atom is 0.184 e. The third kappa shape index (κ3) is 3.17. The third-order valence-electron chi connectivity index (χ3n) is 2.55. The standard InChI is InChI=1S/C13H19N3S/c1-9-5-6-11-12(7-9)17-13(15-11)14-10(2)8-16(3)4/h5-7,10H,8H2,1-4H3,(H,14,15). The van der Waals surface area contributed by atoms with Crippen molar-refractivity contribution in [3.63, 3.8) is 0 Å². The SMILES string of the molecule is Cc1ccc2nc(NC(C)CN(C)C)sc2c1. The lowest BCUT2D eigenvalue weighted by Crippen LogP contribution is -2.29. The van der Waals surface area contributed by atoms with Gasteiger partial charge in [-0.1, -0.05) is 17.4 Å². The van der Waals surface area contributed by atoms with Gasteiger partial charge in [0, 0.05) is 12.6 Å². The van der Waals surface area contributed by atoms with Gasteiger partial charge in [0.2, 0.25) is 0 Å². The maximum atomic E-state index is 4.59. The first kappa shape index (κ1) is 12.3. The largest absolute Gasteiger partial charge is 0.358 e. The first-order chi connectivity index (χ1) is 8.04. The summed E-state index contributed by atoms with van der Waals surface area (Å²) in [6, 6.07) is 6.79. The van der Waals surface area contributed by atoms with Crippen LogP contribution in [0, 0.1) is 6.92 Å². The zero-order valence-corrected chi connectivity index (χ0v) is 11.6. The normalized spacial score (nSPS) is 13.2. The van der Waals surface area contributed by atoms with Crippen molar-refractivity contribution in [1.29, 1.82) is 0 Å². The highest BCUT2D eigenvalue weighted by molar-refractivity contribution is 7.22. The molecule has 0 spiro atoms. The van der Waals surface area contributed by atoms with Crippen molar-refractivity contribution in [2.24, 2.45) is 0 Å². The molecule has 2 aromatic rings. The molecule has 2 rings (SSSR count). The molecular formula is C13H19N3S. The van der Waals surface area contributed by atoms with Crippen molar-refractivity contribution in [2.45, 2.75) is 19.9 Å². The minimum Gasteiger partial charge on any atom is -0.358 e. The van der Waals surface area contributed by atoms with Crippen molar-refractivity contribution < 1.29 is 0 Å². The summed E-state index contributed by atoms with van der Waals surface area (Å²) in [5.41, 5.74) is 2.37. The minimum absolute atomic E-state index is 0.409. The Morgan fingerprint density at radius 1 is 1.41 bits per heavy atom. The molecule has 0 saturated heterocycles. The lowest BCUT2D eigenvalue weighted by Gasteiger charge is -2.17. The van der Waals surface area contributed by atoms with Crippen LogP contribution in [-0.4, -0.2) is 36.6 Å². The Hall–Kier alpha value is -1.13. The predicted molar refractivity (Wildman–Crippen MR) is 76.0 cm³/mol. The van der Waals surface area contributed by atoms with Crippen LogP contribution in [0.25, 0.3) is 10.2 Å². The highest BCUT2D eigenvalue weighted by Crippen LogP contribution is 2.26. The second kappa shape index (κ2) is 5.02. The Kier molecular flexibility index (Phi) is 3.64. The van der Waals surface area contributed by atoms with E-state index in [9.17, 15) is 0 Å². The fourth-order valence-corrected chi connectivity index (χ4v) is 2.97. The second-order valence-electron chi connectivity index (χ2n) is 4.80. The molecule has 0 bridgehead atoms. The summed E-state index contributed by atoms with van der Waals surface area (Å²) in [5, 5.41) is 4.46. The van der Waals surface area contributed by atoms with Crippen molar-refractivity contribution in [3.8, 4) is 0 Å². The molecule has 4 heteroatoms. The number of benzene rings is 1. The van der Waals surface area contributed by atoms with Crippen LogP contribution in [0.15, 0.2) is 18.2 Å². The van der Waals surface area contributed by atoms with E-state index >= 15 is 0 Å². The zero-order valence-electron chi connectivity index (χ0n) is 10.8. The van der Waals surface area contributed by atoms with Gasteiger partial charge < -0.3 is 10.2 Å². The Bertz CT molecular complexity index is 504. The molecule has 0 aliphatic rings. The number of nitrogens with one attached hydrogen (secondary N) is 1. The van der Waals surface area contributed by atoms with Crippen molar-refractivity contribution >= 4 is 26.7 Å². The molecule has 1 aromatic carbocycles. The molecule has 0 fully saturated rings. The van der Waals surface area contributed by atoms with Gasteiger partial charge in [0.25, 0.3) is 0 Å². The number of fused-ring (bicyclic) bond motifs is 1. The van der Waals surface area contributed by atoms with Crippen molar-refractivity contribution in [3.05, 3.63) is 23.8 Å². The van der Waals surface area contributed by atoms with Crippen LogP contribution in [0.1, 0.15) is 12.5 Å². The van der Waals surface area contributed by atoms with E-state index in [2.05, 4.69) is 61.3 Å². The van der Waals surface area contributed by atoms with Gasteiger partial charge in [0.15, 0.2) is 5.13 Å². The molecule has 17 heavy (non-hydrogen) atoms. The highest BCUT2D eigenvalue weighted by atomic mass is 32.1. The summed E-state index contributed by atoms with van der Waals surface area (Å²) in [7, 11) is 4.17. The molecule has 0 aliphatic carbocycles. The number of aryl methyl sites for hydroxylation is 1. The number of thiazole rings is 1. The molecule has 1 N–H and O–H groups in total. The van der Waals surface area contributed by atoms with E-state index in [1.165, 1.54) is 10.3 Å². The van der Waals surface area contributed by atoms with Crippen LogP contribution < -0.4 is 5.32 Å². The average Bonchev–Trinajstić information content (AvgIpc) is 2.57. The fraction of sp³-hybridized carbons (Fsp3) is 0.462. The number of aromatic nitrogens is 1. The Labute approximate surface area is 106 Å². The van der Waals surface area contributed by atoms with E-state index in [0.717, 1.165) is 17.2 Å². The zero-order chi connectivity index (χ0) is 12.4. The van der Waals surface area contributed by atoms with Crippen LogP contribution in [0.3, 0.4) is 0 Å². The van der Waals surface area contributed by atoms with Crippen LogP contribution in [-0.2, 0) is 0 Å². The van der Waals surface area contributed by atoms with E-state index < -0.39 is 0 Å². The smallest absolute Gasteiger partial charge is 0.184 e. The van der Waals surface area contributed by atoms with Gasteiger partial charge in [0.1, 0.15) is 0 Å². The molecule has 0 saturated carbocycles. The molecule has 3 nitrogen and oxygen atoms in total. The van der Waals surface area contributed by atoms with Gasteiger partial charge in [-0.2, -0.15) is 0 Å². The summed E-state index contributed by atoms with van der Waals surface area (Å²) in [6.45, 7) is 5.30. The maximum absolute atomic E-state index is 4.59. The average molecular weight is 249 g/mol. The van der Waals surface area contributed by atoms with E-state index in [4.69, 9.17) is 0 Å². The Morgan fingerprint density at radius 2 is 2.18 bits per heavy atom. The molecule has 1 unspecified atom stereocenters. The highest BCUT2D eigenvalue weighted by Gasteiger charge is 2.07. The number of anilines is 1. The lowest BCUT2D eigenvalue weighted by molar-refractivity contribution is 0.392. The molecular weight excluding hydrogens is 230 g/mol. The summed E-state index contributed by atoms with van der Waals surface area (Å²) in [4.78, 5) is 6.77. The van der Waals surface area contributed by atoms with Crippen LogP contribution in [0.4, 0.5) is 5.13 Å². The molecule has 0 aliphatic heterocycles. The van der Waals surface area contributed by atoms with E-state index in [1.807, 2.05) is 0 Å². The molecule has 92 valence electrons. The van der Waals surface area contributed by atoms with E-state index in [1.54, 1.807) is 11.3 Å². The summed E-state index contributed by atoms with van der Waals surface area (Å²) < 4.78 is 1.25. The first-order valence-corrected chi connectivity index (χ1v) is 6.64. The topological polar surface area (TPSA) is 28.2 Å². The van der Waals surface area contributed by atoms with Gasteiger partial charge in [-0.15, -0.1) is 0 Å². The van der Waals surface area contributed by atoms with Gasteiger partial charge in [-0.25, -0.2) is 4.98 Å². The van der Waals surface area contributed by atoms with Gasteiger partial charge in [0.05, 0.1) is 10.2 Å². The number of nitrogens with zero attached hydrogens (tertiary/aromatic N) is 2. The van der Waals surface area contributed by atoms with Crippen LogP contribution >= 0.6 is 11.3 Å². The van der Waals surface area contributed by atoms with Crippen molar-refractivity contribution in [1.82, 2.24) is 9.88 Å². The van der Waals surface area contributed by atoms with E-state index in [-0.39, 0.29) is 0 Å². The molecule has 0 amide bonds. The Balaban J connectivity index is 2.14. The van der Waals surface area contributed by atoms with Crippen molar-refractivity contribution in [2.75, 3.05) is 26.0 Å². The summed E-state index contributed by atoms with van der Waals surface area (Å²) in [5.74, 6) is 0. The van der Waals surface area contributed by atoms with Crippen LogP contribution in [0.2, 0.25) is 0 Å². The van der Waals surface area contributed by atoms with Gasteiger partial charge in [-0.3, -0.25) is 0 Å². The predicted octanol–water partition coefficient (Wildman–Crippen LogP) is 2.97. The molecule has 1 aromatic heterocycles. The summed E-state index contributed by atoms with van der Waals surface area (Å²) in [6.07, 6.45) is 0. The van der Waals surface area contributed by atoms with Crippen LogP contribution in [0.5, 0.6) is 0 Å². The van der Waals surface area contributed by atoms with E-state index in [0.29, 0.717) is 6.04 Å². The second-order valence-corrected chi connectivity index (χ2v) is 5.83. The number of hydrogen-bond acceptors (Lipinski definition) is 4. The molecule has 1 atom stereocenters. The number of rotatable bonds is 4. The summed E-state index contributed by atoms with van der Waals surface area (Å²) >= 11 is 1.73. The third-order valence-corrected chi connectivity index (χ3v) is 3.50. The first-order valence-electron chi connectivity index (χ1n) is 5.83. The number of likely N-dealkylation sites (N-methyl/N-ethyl adjacent to an activating group) is 1. The molecule has 1 heterocycles. The van der Waals surface area contributed by atoms with Gasteiger partial charge >= 0.3 is 0 Å². The minimum atomic E-state index is 0.409. The monoisotopic (exact) mass is 249 g/mol. The van der Waals surface area contributed by atoms with Gasteiger partial charge in [-0.05, 0) is 45.6 Å².